The first kappa shape index (κ1) is 65.2. The molecule has 1 unspecified atom stereocenters. The van der Waals surface area contributed by atoms with Crippen molar-refractivity contribution in [2.24, 2.45) is 29.6 Å². The molecule has 81 heavy (non-hydrogen) atoms. The van der Waals surface area contributed by atoms with Crippen molar-refractivity contribution >= 4 is 64.3 Å². The maximum absolute atomic E-state index is 15.5. The lowest BCUT2D eigenvalue weighted by Crippen LogP contribution is -2.59. The lowest BCUT2D eigenvalue weighted by atomic mass is 9.70. The normalized spacial score (nSPS) is 37.3. The second-order valence-electron chi connectivity index (χ2n) is 24.1. The molecule has 4 saturated heterocycles. The van der Waals surface area contributed by atoms with Crippen molar-refractivity contribution in [3.8, 4) is 11.5 Å². The summed E-state index contributed by atoms with van der Waals surface area (Å²) < 4.78 is 64.8. The van der Waals surface area contributed by atoms with Crippen LogP contribution in [0.2, 0.25) is 10.0 Å². The fraction of sp³-hybridized carbons (Fsp3) is 0.750. The molecule has 21 heteroatoms. The molecule has 0 radical (unpaired) electrons. The van der Waals surface area contributed by atoms with Crippen LogP contribution in [-0.4, -0.2) is 170 Å². The minimum absolute atomic E-state index is 0.0151. The third kappa shape index (κ3) is 14.2. The van der Waals surface area contributed by atoms with Gasteiger partial charge in [-0.1, -0.05) is 50.9 Å². The highest BCUT2D eigenvalue weighted by atomic mass is 35.5. The summed E-state index contributed by atoms with van der Waals surface area (Å²) in [7, 11) is 8.74. The van der Waals surface area contributed by atoms with Crippen LogP contribution in [-0.2, 0) is 52.3 Å². The number of Topliss-reactive ketones (excluding diaryl/α,β-unsaturated/α-hetero) is 1. The number of esters is 2. The Morgan fingerprint density at radius 3 is 2.14 bits per heavy atom. The van der Waals surface area contributed by atoms with E-state index in [1.165, 1.54) is 36.2 Å². The maximum atomic E-state index is 15.5. The number of amides is 1. The lowest BCUT2D eigenvalue weighted by Gasteiger charge is -2.49. The van der Waals surface area contributed by atoms with Gasteiger partial charge >= 0.3 is 11.9 Å². The number of anilines is 1. The number of methoxy groups -OCH3 is 3. The van der Waals surface area contributed by atoms with E-state index in [9.17, 15) is 14.7 Å². The van der Waals surface area contributed by atoms with Crippen LogP contribution in [0, 0.1) is 29.6 Å². The van der Waals surface area contributed by atoms with Gasteiger partial charge < -0.3 is 62.3 Å². The van der Waals surface area contributed by atoms with Crippen molar-refractivity contribution in [3.63, 3.8) is 0 Å². The van der Waals surface area contributed by atoms with Crippen LogP contribution >= 0.6 is 35.0 Å². The van der Waals surface area contributed by atoms with E-state index in [2.05, 4.69) is 9.88 Å². The van der Waals surface area contributed by atoms with Crippen LogP contribution in [0.25, 0.3) is 0 Å². The summed E-state index contributed by atoms with van der Waals surface area (Å²) in [5, 5.41) is 10.4. The molecule has 4 aliphatic heterocycles. The third-order valence-corrected chi connectivity index (χ3v) is 20.0. The molecule has 7 rings (SSSR count). The number of ether oxygens (including phenoxy) is 10. The molecule has 5 aliphatic rings. The molecule has 454 valence electrons. The highest BCUT2D eigenvalue weighted by molar-refractivity contribution is 8.00. The van der Waals surface area contributed by atoms with Gasteiger partial charge in [-0.15, -0.1) is 11.8 Å². The molecule has 1 amide bonds. The van der Waals surface area contributed by atoms with E-state index in [1.54, 1.807) is 60.1 Å². The summed E-state index contributed by atoms with van der Waals surface area (Å²) in [4.78, 5) is 68.0. The van der Waals surface area contributed by atoms with Gasteiger partial charge in [-0.3, -0.25) is 24.2 Å². The van der Waals surface area contributed by atoms with Crippen molar-refractivity contribution in [1.82, 2.24) is 9.88 Å². The van der Waals surface area contributed by atoms with Crippen LogP contribution < -0.4 is 14.4 Å². The summed E-state index contributed by atoms with van der Waals surface area (Å²) in [5.74, 6) is -4.77. The van der Waals surface area contributed by atoms with E-state index in [1.807, 2.05) is 55.6 Å². The van der Waals surface area contributed by atoms with Gasteiger partial charge in [-0.05, 0) is 113 Å². The first-order valence-electron chi connectivity index (χ1n) is 28.8. The number of pyridine rings is 1. The highest BCUT2D eigenvalue weighted by Gasteiger charge is 2.62. The van der Waals surface area contributed by atoms with Crippen molar-refractivity contribution in [2.75, 3.05) is 52.6 Å². The molecule has 1 saturated carbocycles. The topological polar surface area (TPSA) is 200 Å². The average molecular weight is 1200 g/mol. The second kappa shape index (κ2) is 27.4. The van der Waals surface area contributed by atoms with Gasteiger partial charge in [0.2, 0.25) is 0 Å². The number of carbonyl (C=O) groups excluding carboxylic acids is 4. The largest absolute Gasteiger partial charge is 0.493 e. The number of aromatic nitrogens is 1. The SMILES string of the molecule is CC[C@H]1OC(=O)[C@H](C)[C@@H](O[C@H]2C[C@@](C)(OC)[C@@H](O)[C@H](C)O2)[C@H](C)[C@@H](OC2C[C@@H](N(C)C)C[C@@H](C)O2)[C@](C)(OC)C[C@@H](C)C(=O)[C@H](C)[C@H]2[C@H](SCCN(C(=O)c3c(Cl)cncc3Cl)c3ccc(OC)c(OC4CCCC4)c3)C(=O)O[C@@]21C. The van der Waals surface area contributed by atoms with Gasteiger partial charge in [0.05, 0.1) is 70.4 Å². The lowest BCUT2D eigenvalue weighted by molar-refractivity contribution is -0.309. The number of cyclic esters (lactones) is 1. The quantitative estimate of drug-likeness (QED) is 0.147. The Labute approximate surface area is 493 Å². The Bertz CT molecular complexity index is 2490. The minimum atomic E-state index is -1.51. The average Bonchev–Trinajstić information content (AvgIpc) is 4.30. The van der Waals surface area contributed by atoms with Gasteiger partial charge in [0.15, 0.2) is 29.7 Å². The summed E-state index contributed by atoms with van der Waals surface area (Å²) in [6.07, 6.45) is 2.08. The summed E-state index contributed by atoms with van der Waals surface area (Å²) >= 11 is 14.5. The van der Waals surface area contributed by atoms with Crippen molar-refractivity contribution in [2.45, 2.75) is 210 Å². The van der Waals surface area contributed by atoms with Crippen LogP contribution in [0.3, 0.4) is 0 Å². The number of nitrogens with zero attached hydrogens (tertiary/aromatic N) is 3. The fourth-order valence-electron chi connectivity index (χ4n) is 13.3. The van der Waals surface area contributed by atoms with E-state index in [0.717, 1.165) is 32.1 Å². The molecule has 5 heterocycles. The van der Waals surface area contributed by atoms with Gasteiger partial charge in [-0.25, -0.2) is 0 Å². The first-order valence-corrected chi connectivity index (χ1v) is 30.7. The molecular formula is C60H89Cl2N3O15S. The molecular weight excluding hydrogens is 1110 g/mol. The molecule has 1 aromatic heterocycles. The zero-order valence-electron chi connectivity index (χ0n) is 50.1. The highest BCUT2D eigenvalue weighted by Crippen LogP contribution is 2.50. The number of benzene rings is 1. The number of hydrogen-bond acceptors (Lipinski definition) is 18. The Balaban J connectivity index is 1.27. The summed E-state index contributed by atoms with van der Waals surface area (Å²) in [6, 6.07) is 5.39. The number of carbonyl (C=O) groups is 4. The Morgan fingerprint density at radius 1 is 0.852 bits per heavy atom. The molecule has 1 aliphatic carbocycles. The molecule has 0 bridgehead atoms. The molecule has 18 nitrogen and oxygen atoms in total. The third-order valence-electron chi connectivity index (χ3n) is 18.2. The number of hydrogen-bond donors (Lipinski definition) is 1. The van der Waals surface area contributed by atoms with E-state index in [4.69, 9.17) is 70.6 Å². The van der Waals surface area contributed by atoms with Crippen LogP contribution in [0.5, 0.6) is 11.5 Å². The van der Waals surface area contributed by atoms with E-state index in [0.29, 0.717) is 23.6 Å². The predicted molar refractivity (Wildman–Crippen MR) is 309 cm³/mol. The van der Waals surface area contributed by atoms with Gasteiger partial charge in [-0.2, -0.15) is 0 Å². The van der Waals surface area contributed by atoms with Gasteiger partial charge in [0.1, 0.15) is 23.2 Å². The molecule has 0 spiro atoms. The zero-order chi connectivity index (χ0) is 59.5. The fourth-order valence-corrected chi connectivity index (χ4v) is 15.3. The van der Waals surface area contributed by atoms with Crippen LogP contribution in [0.4, 0.5) is 5.69 Å². The van der Waals surface area contributed by atoms with Crippen LogP contribution in [0.15, 0.2) is 30.6 Å². The summed E-state index contributed by atoms with van der Waals surface area (Å²) in [6.45, 7) is 18.4. The number of aliphatic hydroxyl groups is 1. The van der Waals surface area contributed by atoms with E-state index in [-0.39, 0.29) is 71.2 Å². The monoisotopic (exact) mass is 1190 g/mol. The maximum Gasteiger partial charge on any atom is 0.320 e. The number of thioether (sulfide) groups is 1. The summed E-state index contributed by atoms with van der Waals surface area (Å²) in [5.41, 5.74) is -3.27. The molecule has 5 fully saturated rings. The van der Waals surface area contributed by atoms with Crippen molar-refractivity contribution in [3.05, 3.63) is 46.2 Å². The van der Waals surface area contributed by atoms with Gasteiger partial charge in [0, 0.05) is 93.2 Å². The number of ketones is 1. The molecule has 1 aromatic carbocycles. The molecule has 18 atom stereocenters. The minimum Gasteiger partial charge on any atom is -0.493 e. The molecule has 1 N–H and O–H groups in total. The Hall–Kier alpha value is -3.34. The van der Waals surface area contributed by atoms with E-state index < -0.39 is 113 Å². The number of aliphatic hydroxyl groups excluding tert-OH is 1. The number of fused-ring (bicyclic) bond motifs is 1. The standard InChI is InChI=1S/C60H89Cl2N3O15S/c1-16-45-60(10)49(52(57(70)80-60)81-24-23-65(55(68)48-41(61)30-63-31-42(48)62)38-21-22-43(71-13)44(26-38)76-40-19-17-18-20-40)34(4)50(66)32(2)28-59(9,73-15)54(79-46-27-39(64(11)12)25-33(3)74-46)35(5)51(36(6)56(69)77-45)78-47-29-58(8,72-14)53(67)37(7)75-47/h21-22,26,30-37,39-40,45-47,49,51-54,67H,16-20,23-25,27-29H2,1-15H3/t32-,33-,34-,35+,36-,37+,39+,45-,46?,47+,49+,51+,52+,53+,54-,58-,59-,60-/m1/s1. The zero-order valence-corrected chi connectivity index (χ0v) is 52.4. The number of rotatable bonds is 17. The molecule has 2 aromatic rings. The van der Waals surface area contributed by atoms with Gasteiger partial charge in [0.25, 0.3) is 5.91 Å². The predicted octanol–water partition coefficient (Wildman–Crippen LogP) is 9.77. The van der Waals surface area contributed by atoms with Crippen LogP contribution in [0.1, 0.15) is 137 Å². The Morgan fingerprint density at radius 2 is 1.52 bits per heavy atom. The number of halogens is 2. The van der Waals surface area contributed by atoms with Crippen molar-refractivity contribution in [1.29, 1.82) is 0 Å². The Kier molecular flexibility index (Phi) is 22.0. The van der Waals surface area contributed by atoms with Crippen molar-refractivity contribution < 1.29 is 71.7 Å². The second-order valence-corrected chi connectivity index (χ2v) is 26.1. The first-order chi connectivity index (χ1) is 38.2. The van der Waals surface area contributed by atoms with E-state index >= 15 is 9.59 Å². The smallest absolute Gasteiger partial charge is 0.320 e.